The molecule has 0 aromatic heterocycles. The second kappa shape index (κ2) is 8.19. The van der Waals surface area contributed by atoms with Crippen molar-refractivity contribution in [3.8, 4) is 0 Å². The predicted octanol–water partition coefficient (Wildman–Crippen LogP) is 3.96. The third kappa shape index (κ3) is 5.19. The van der Waals surface area contributed by atoms with Gasteiger partial charge in [-0.25, -0.2) is 4.79 Å². The molecule has 0 heterocycles. The highest BCUT2D eigenvalue weighted by atomic mass is 19.4. The summed E-state index contributed by atoms with van der Waals surface area (Å²) in [6.45, 7) is 4.87. The van der Waals surface area contributed by atoms with Gasteiger partial charge in [-0.05, 0) is 33.1 Å². The van der Waals surface area contributed by atoms with Crippen molar-refractivity contribution in [2.45, 2.75) is 63.5 Å². The average molecular weight is 362 g/mol. The zero-order valence-electron chi connectivity index (χ0n) is 14.9. The fraction of sp³-hybridized carbons (Fsp3) is 0.611. The smallest absolute Gasteiger partial charge is 0.432 e. The number of carbonyl (C=O) groups is 1. The van der Waals surface area contributed by atoms with Crippen LogP contribution < -0.4 is 0 Å². The summed E-state index contributed by atoms with van der Waals surface area (Å²) < 4.78 is 51.2. The van der Waals surface area contributed by atoms with Crippen LogP contribution in [0.1, 0.15) is 45.6 Å². The van der Waals surface area contributed by atoms with Crippen LogP contribution >= 0.6 is 0 Å². The maximum atomic E-state index is 13.8. The Labute approximate surface area is 145 Å². The molecule has 0 fully saturated rings. The number of alkyl halides is 3. The number of ether oxygens (including phenoxy) is 2. The van der Waals surface area contributed by atoms with Crippen LogP contribution in [-0.2, 0) is 19.9 Å². The summed E-state index contributed by atoms with van der Waals surface area (Å²) in [4.78, 5) is 12.5. The molecule has 1 aromatic carbocycles. The Balaban J connectivity index is 3.13. The van der Waals surface area contributed by atoms with Crippen molar-refractivity contribution in [1.82, 2.24) is 0 Å². The van der Waals surface area contributed by atoms with Crippen LogP contribution in [0.3, 0.4) is 0 Å². The molecule has 7 heteroatoms. The van der Waals surface area contributed by atoms with E-state index in [4.69, 9.17) is 9.47 Å². The third-order valence-electron chi connectivity index (χ3n) is 3.98. The first-order valence-corrected chi connectivity index (χ1v) is 8.08. The molecule has 4 nitrogen and oxygen atoms in total. The van der Waals surface area contributed by atoms with E-state index in [-0.39, 0.29) is 18.4 Å². The fourth-order valence-electron chi connectivity index (χ4n) is 2.48. The summed E-state index contributed by atoms with van der Waals surface area (Å²) in [6, 6.07) is 6.69. The number of carbonyl (C=O) groups excluding carboxylic acids is 1. The quantitative estimate of drug-likeness (QED) is 0.711. The number of esters is 1. The Morgan fingerprint density at radius 2 is 1.76 bits per heavy atom. The largest absolute Gasteiger partial charge is 0.460 e. The second-order valence-electron chi connectivity index (χ2n) is 6.54. The Kier molecular flexibility index (Phi) is 7.02. The highest BCUT2D eigenvalue weighted by Crippen LogP contribution is 2.43. The molecular formula is C18H25F3O4. The normalized spacial score (nSPS) is 16.2. The molecule has 1 aromatic rings. The van der Waals surface area contributed by atoms with E-state index >= 15 is 0 Å². The van der Waals surface area contributed by atoms with Gasteiger partial charge in [-0.1, -0.05) is 37.3 Å². The van der Waals surface area contributed by atoms with Gasteiger partial charge in [0.05, 0.1) is 5.60 Å². The summed E-state index contributed by atoms with van der Waals surface area (Å²) in [5.74, 6) is -1.50. The first-order valence-electron chi connectivity index (χ1n) is 8.08. The van der Waals surface area contributed by atoms with E-state index in [2.05, 4.69) is 0 Å². The minimum absolute atomic E-state index is 0.248. The van der Waals surface area contributed by atoms with Gasteiger partial charge in [0, 0.05) is 12.7 Å². The molecular weight excluding hydrogens is 337 g/mol. The van der Waals surface area contributed by atoms with E-state index in [1.54, 1.807) is 26.8 Å². The molecule has 0 bridgehead atoms. The number of hydrogen-bond acceptors (Lipinski definition) is 4. The van der Waals surface area contributed by atoms with E-state index in [9.17, 15) is 23.1 Å². The molecule has 0 aliphatic heterocycles. The Bertz CT molecular complexity index is 552. The van der Waals surface area contributed by atoms with E-state index in [0.29, 0.717) is 6.42 Å². The topological polar surface area (TPSA) is 55.8 Å². The average Bonchev–Trinajstić information content (AvgIpc) is 2.51. The fourth-order valence-corrected chi connectivity index (χ4v) is 2.48. The molecule has 142 valence electrons. The standard InChI is InChI=1S/C18H25F3O4/c1-5-14(11-12-16(2,3)23)25-15(22)17(24-4,18(19,20)21)13-9-7-6-8-10-13/h6-10,14,23H,5,11-12H2,1-4H3/t14-,17?/m1/s1. The van der Waals surface area contributed by atoms with Crippen molar-refractivity contribution in [2.24, 2.45) is 0 Å². The Morgan fingerprint density at radius 3 is 2.16 bits per heavy atom. The highest BCUT2D eigenvalue weighted by Gasteiger charge is 2.64. The molecule has 0 saturated carbocycles. The van der Waals surface area contributed by atoms with Gasteiger partial charge in [-0.15, -0.1) is 0 Å². The van der Waals surface area contributed by atoms with Crippen molar-refractivity contribution in [3.05, 3.63) is 35.9 Å². The second-order valence-corrected chi connectivity index (χ2v) is 6.54. The van der Waals surface area contributed by atoms with E-state index in [1.807, 2.05) is 0 Å². The maximum Gasteiger partial charge on any atom is 0.432 e. The Hall–Kier alpha value is -1.60. The van der Waals surface area contributed by atoms with Crippen LogP contribution in [0.25, 0.3) is 0 Å². The van der Waals surface area contributed by atoms with Crippen LogP contribution in [0, 0.1) is 0 Å². The summed E-state index contributed by atoms with van der Waals surface area (Å²) >= 11 is 0. The number of aliphatic hydroxyl groups is 1. The molecule has 2 atom stereocenters. The zero-order valence-corrected chi connectivity index (χ0v) is 14.9. The van der Waals surface area contributed by atoms with Gasteiger partial charge >= 0.3 is 12.1 Å². The number of halogens is 3. The van der Waals surface area contributed by atoms with Crippen molar-refractivity contribution in [2.75, 3.05) is 7.11 Å². The molecule has 0 saturated heterocycles. The van der Waals surface area contributed by atoms with Gasteiger partial charge in [0.2, 0.25) is 0 Å². The lowest BCUT2D eigenvalue weighted by Crippen LogP contribution is -2.52. The van der Waals surface area contributed by atoms with Crippen molar-refractivity contribution >= 4 is 5.97 Å². The molecule has 25 heavy (non-hydrogen) atoms. The molecule has 0 aliphatic carbocycles. The van der Waals surface area contributed by atoms with Crippen LogP contribution in [0.2, 0.25) is 0 Å². The van der Waals surface area contributed by atoms with Crippen molar-refractivity contribution in [3.63, 3.8) is 0 Å². The molecule has 0 aliphatic rings. The van der Waals surface area contributed by atoms with Gasteiger partial charge in [0.25, 0.3) is 5.60 Å². The summed E-state index contributed by atoms with van der Waals surface area (Å²) in [5, 5.41) is 9.76. The lowest BCUT2D eigenvalue weighted by molar-refractivity contribution is -0.278. The number of hydrogen-bond donors (Lipinski definition) is 1. The Morgan fingerprint density at radius 1 is 1.20 bits per heavy atom. The third-order valence-corrected chi connectivity index (χ3v) is 3.98. The van der Waals surface area contributed by atoms with Crippen LogP contribution in [0.4, 0.5) is 13.2 Å². The molecule has 1 rings (SSSR count). The van der Waals surface area contributed by atoms with Crippen LogP contribution in [0.5, 0.6) is 0 Å². The number of benzene rings is 1. The highest BCUT2D eigenvalue weighted by molar-refractivity contribution is 5.82. The van der Waals surface area contributed by atoms with E-state index in [0.717, 1.165) is 7.11 Å². The van der Waals surface area contributed by atoms with Gasteiger partial charge < -0.3 is 14.6 Å². The van der Waals surface area contributed by atoms with Gasteiger partial charge in [0.1, 0.15) is 6.10 Å². The molecule has 0 radical (unpaired) electrons. The molecule has 0 spiro atoms. The van der Waals surface area contributed by atoms with E-state index < -0.39 is 29.5 Å². The lowest BCUT2D eigenvalue weighted by Gasteiger charge is -2.34. The zero-order chi connectivity index (χ0) is 19.3. The predicted molar refractivity (Wildman–Crippen MR) is 86.9 cm³/mol. The molecule has 0 amide bonds. The maximum absolute atomic E-state index is 13.8. The first kappa shape index (κ1) is 21.4. The van der Waals surface area contributed by atoms with Gasteiger partial charge in [-0.2, -0.15) is 13.2 Å². The van der Waals surface area contributed by atoms with Gasteiger partial charge in [0.15, 0.2) is 0 Å². The monoisotopic (exact) mass is 362 g/mol. The molecule has 1 N–H and O–H groups in total. The first-order chi connectivity index (χ1) is 11.5. The van der Waals surface area contributed by atoms with Crippen molar-refractivity contribution < 1.29 is 32.5 Å². The number of rotatable bonds is 8. The summed E-state index contributed by atoms with van der Waals surface area (Å²) in [5.41, 5.74) is -4.52. The number of methoxy groups -OCH3 is 1. The van der Waals surface area contributed by atoms with Crippen LogP contribution in [0.15, 0.2) is 30.3 Å². The SMILES string of the molecule is CC[C@H](CCC(C)(C)O)OC(=O)C(OC)(c1ccccc1)C(F)(F)F. The van der Waals surface area contributed by atoms with Gasteiger partial charge in [-0.3, -0.25) is 0 Å². The van der Waals surface area contributed by atoms with Crippen LogP contribution in [-0.4, -0.2) is 36.1 Å². The minimum Gasteiger partial charge on any atom is -0.460 e. The van der Waals surface area contributed by atoms with E-state index in [1.165, 1.54) is 24.3 Å². The minimum atomic E-state index is -4.99. The summed E-state index contributed by atoms with van der Waals surface area (Å²) in [6.07, 6.45) is -4.88. The summed E-state index contributed by atoms with van der Waals surface area (Å²) in [7, 11) is 0.833. The molecule has 1 unspecified atom stereocenters. The van der Waals surface area contributed by atoms with Crippen molar-refractivity contribution in [1.29, 1.82) is 0 Å². The lowest BCUT2D eigenvalue weighted by atomic mass is 9.92.